The molecule has 0 bridgehead atoms. The van der Waals surface area contributed by atoms with Crippen molar-refractivity contribution in [1.29, 1.82) is 0 Å². The normalized spacial score (nSPS) is 10.6. The van der Waals surface area contributed by atoms with Crippen LogP contribution in [0.4, 0.5) is 0 Å². The Labute approximate surface area is 86.4 Å². The number of rotatable bonds is 3. The number of hydrogen-bond acceptors (Lipinski definition) is 3. The largest absolute Gasteiger partial charge is 0.335 e. The average molecular weight is 209 g/mol. The van der Waals surface area contributed by atoms with Crippen LogP contribution in [0.15, 0.2) is 18.9 Å². The molecular formula is C8H11N5S. The highest BCUT2D eigenvalue weighted by atomic mass is 32.1. The van der Waals surface area contributed by atoms with Crippen molar-refractivity contribution in [3.05, 3.63) is 29.3 Å². The van der Waals surface area contributed by atoms with Crippen LogP contribution in [0, 0.1) is 11.7 Å². The maximum absolute atomic E-state index is 5.13. The van der Waals surface area contributed by atoms with Crippen molar-refractivity contribution in [2.45, 2.75) is 20.0 Å². The molecule has 2 aromatic heterocycles. The maximum Gasteiger partial charge on any atom is 0.177 e. The lowest BCUT2D eigenvalue weighted by molar-refractivity contribution is 0.528. The Morgan fingerprint density at radius 2 is 2.36 bits per heavy atom. The second-order valence-corrected chi connectivity index (χ2v) is 3.48. The van der Waals surface area contributed by atoms with Gasteiger partial charge in [0.1, 0.15) is 12.7 Å². The minimum Gasteiger partial charge on any atom is -0.335 e. The van der Waals surface area contributed by atoms with Crippen molar-refractivity contribution in [2.75, 3.05) is 0 Å². The number of H-pyrrole nitrogens is 1. The van der Waals surface area contributed by atoms with Gasteiger partial charge < -0.3 is 9.55 Å². The SMILES string of the molecule is Cc1cn(CCn2cncn2)c(=S)[nH]1. The maximum atomic E-state index is 5.13. The fourth-order valence-corrected chi connectivity index (χ4v) is 1.59. The number of aromatic amines is 1. The van der Waals surface area contributed by atoms with Crippen molar-refractivity contribution < 1.29 is 0 Å². The van der Waals surface area contributed by atoms with Crippen LogP contribution >= 0.6 is 12.2 Å². The van der Waals surface area contributed by atoms with Crippen LogP contribution in [0.3, 0.4) is 0 Å². The zero-order chi connectivity index (χ0) is 9.97. The van der Waals surface area contributed by atoms with E-state index in [-0.39, 0.29) is 0 Å². The van der Waals surface area contributed by atoms with Crippen molar-refractivity contribution in [3.63, 3.8) is 0 Å². The molecule has 2 rings (SSSR count). The Hall–Kier alpha value is -1.43. The summed E-state index contributed by atoms with van der Waals surface area (Å²) in [6.07, 6.45) is 5.23. The van der Waals surface area contributed by atoms with Gasteiger partial charge in [-0.05, 0) is 19.1 Å². The van der Waals surface area contributed by atoms with Crippen LogP contribution < -0.4 is 0 Å². The van der Waals surface area contributed by atoms with Gasteiger partial charge in [-0.3, -0.25) is 4.68 Å². The predicted molar refractivity (Wildman–Crippen MR) is 54.4 cm³/mol. The lowest BCUT2D eigenvalue weighted by Gasteiger charge is -2.01. The smallest absolute Gasteiger partial charge is 0.177 e. The minimum absolute atomic E-state index is 0.752. The summed E-state index contributed by atoms with van der Waals surface area (Å²) < 4.78 is 4.53. The summed E-state index contributed by atoms with van der Waals surface area (Å²) >= 11 is 5.13. The third-order valence-corrected chi connectivity index (χ3v) is 2.29. The fraction of sp³-hybridized carbons (Fsp3) is 0.375. The molecule has 0 unspecified atom stereocenters. The van der Waals surface area contributed by atoms with Crippen molar-refractivity contribution in [1.82, 2.24) is 24.3 Å². The number of hydrogen-bond donors (Lipinski definition) is 1. The first-order valence-corrected chi connectivity index (χ1v) is 4.75. The Kier molecular flexibility index (Phi) is 2.45. The predicted octanol–water partition coefficient (Wildman–Crippen LogP) is 1.15. The van der Waals surface area contributed by atoms with Gasteiger partial charge in [0.05, 0.1) is 6.54 Å². The summed E-state index contributed by atoms with van der Waals surface area (Å²) in [7, 11) is 0. The highest BCUT2D eigenvalue weighted by Gasteiger charge is 1.97. The van der Waals surface area contributed by atoms with E-state index in [1.807, 2.05) is 17.7 Å². The van der Waals surface area contributed by atoms with Crippen molar-refractivity contribution >= 4 is 12.2 Å². The van der Waals surface area contributed by atoms with Crippen LogP contribution in [0.5, 0.6) is 0 Å². The van der Waals surface area contributed by atoms with Gasteiger partial charge in [0.15, 0.2) is 4.77 Å². The second kappa shape index (κ2) is 3.75. The zero-order valence-electron chi connectivity index (χ0n) is 7.84. The van der Waals surface area contributed by atoms with Crippen LogP contribution in [0.1, 0.15) is 5.69 Å². The van der Waals surface area contributed by atoms with E-state index in [2.05, 4.69) is 15.1 Å². The molecule has 0 atom stereocenters. The van der Waals surface area contributed by atoms with E-state index in [0.717, 1.165) is 23.6 Å². The fourth-order valence-electron chi connectivity index (χ4n) is 1.29. The van der Waals surface area contributed by atoms with E-state index >= 15 is 0 Å². The van der Waals surface area contributed by atoms with Crippen LogP contribution in [-0.4, -0.2) is 24.3 Å². The van der Waals surface area contributed by atoms with E-state index in [1.54, 1.807) is 11.0 Å². The van der Waals surface area contributed by atoms with Gasteiger partial charge in [-0.15, -0.1) is 0 Å². The summed E-state index contributed by atoms with van der Waals surface area (Å²) in [5.74, 6) is 0. The highest BCUT2D eigenvalue weighted by molar-refractivity contribution is 7.71. The molecule has 0 aliphatic rings. The third kappa shape index (κ3) is 1.90. The lowest BCUT2D eigenvalue weighted by Crippen LogP contribution is -2.06. The van der Waals surface area contributed by atoms with Crippen LogP contribution in [0.25, 0.3) is 0 Å². The van der Waals surface area contributed by atoms with E-state index in [9.17, 15) is 0 Å². The first-order valence-electron chi connectivity index (χ1n) is 4.34. The molecule has 1 N–H and O–H groups in total. The topological polar surface area (TPSA) is 51.4 Å². The first kappa shape index (κ1) is 9.14. The van der Waals surface area contributed by atoms with Crippen molar-refractivity contribution in [2.24, 2.45) is 0 Å². The number of aromatic nitrogens is 5. The molecule has 6 heteroatoms. The van der Waals surface area contributed by atoms with Gasteiger partial charge in [-0.1, -0.05) is 0 Å². The Balaban J connectivity index is 2.05. The van der Waals surface area contributed by atoms with E-state index in [0.29, 0.717) is 0 Å². The monoisotopic (exact) mass is 209 g/mol. The lowest BCUT2D eigenvalue weighted by atomic mass is 10.5. The van der Waals surface area contributed by atoms with Crippen LogP contribution in [0.2, 0.25) is 0 Å². The molecule has 2 aromatic rings. The summed E-state index contributed by atoms with van der Waals surface area (Å²) in [6.45, 7) is 3.58. The zero-order valence-corrected chi connectivity index (χ0v) is 8.66. The molecule has 0 saturated carbocycles. The highest BCUT2D eigenvalue weighted by Crippen LogP contribution is 1.97. The van der Waals surface area contributed by atoms with E-state index < -0.39 is 0 Å². The average Bonchev–Trinajstić information content (AvgIpc) is 2.72. The standard InChI is InChI=1S/C8H11N5S/c1-7-4-12(8(14)11-7)2-3-13-6-9-5-10-13/h4-6H,2-3H2,1H3,(H,11,14). The Morgan fingerprint density at radius 1 is 1.50 bits per heavy atom. The molecule has 0 saturated heterocycles. The molecule has 0 aliphatic heterocycles. The van der Waals surface area contributed by atoms with Gasteiger partial charge in [0.2, 0.25) is 0 Å². The summed E-state index contributed by atoms with van der Waals surface area (Å²) in [6, 6.07) is 0. The molecule has 0 aromatic carbocycles. The molecule has 0 fully saturated rings. The number of nitrogens with zero attached hydrogens (tertiary/aromatic N) is 4. The summed E-state index contributed by atoms with van der Waals surface area (Å²) in [5.41, 5.74) is 1.08. The van der Waals surface area contributed by atoms with E-state index in [1.165, 1.54) is 6.33 Å². The van der Waals surface area contributed by atoms with Gasteiger partial charge in [0, 0.05) is 18.4 Å². The number of aryl methyl sites for hydroxylation is 3. The Bertz CT molecular complexity index is 452. The van der Waals surface area contributed by atoms with Crippen LogP contribution in [-0.2, 0) is 13.1 Å². The second-order valence-electron chi connectivity index (χ2n) is 3.09. The molecule has 74 valence electrons. The number of nitrogens with one attached hydrogen (secondary N) is 1. The molecule has 0 radical (unpaired) electrons. The number of imidazole rings is 1. The molecule has 2 heterocycles. The molecule has 0 amide bonds. The molecular weight excluding hydrogens is 198 g/mol. The molecule has 5 nitrogen and oxygen atoms in total. The molecule has 14 heavy (non-hydrogen) atoms. The van der Waals surface area contributed by atoms with Gasteiger partial charge >= 0.3 is 0 Å². The quantitative estimate of drug-likeness (QED) is 0.771. The molecule has 0 spiro atoms. The van der Waals surface area contributed by atoms with Gasteiger partial charge in [0.25, 0.3) is 0 Å². The minimum atomic E-state index is 0.752. The third-order valence-electron chi connectivity index (χ3n) is 1.95. The summed E-state index contributed by atoms with van der Waals surface area (Å²) in [4.78, 5) is 6.94. The van der Waals surface area contributed by atoms with Crippen molar-refractivity contribution in [3.8, 4) is 0 Å². The summed E-state index contributed by atoms with van der Waals surface area (Å²) in [5, 5.41) is 4.02. The Morgan fingerprint density at radius 3 is 2.93 bits per heavy atom. The van der Waals surface area contributed by atoms with Gasteiger partial charge in [-0.25, -0.2) is 4.98 Å². The molecule has 0 aliphatic carbocycles. The van der Waals surface area contributed by atoms with E-state index in [4.69, 9.17) is 12.2 Å². The first-order chi connectivity index (χ1) is 6.75. The van der Waals surface area contributed by atoms with Gasteiger partial charge in [-0.2, -0.15) is 5.10 Å².